The highest BCUT2D eigenvalue weighted by molar-refractivity contribution is 5.62. The van der Waals surface area contributed by atoms with Crippen LogP contribution in [0.2, 0.25) is 0 Å². The summed E-state index contributed by atoms with van der Waals surface area (Å²) >= 11 is 0. The first-order chi connectivity index (χ1) is 4.24. The van der Waals surface area contributed by atoms with Crippen LogP contribution in [-0.4, -0.2) is 18.4 Å². The van der Waals surface area contributed by atoms with Crippen molar-refractivity contribution in [1.29, 1.82) is 0 Å². The van der Waals surface area contributed by atoms with Gasteiger partial charge in [0.05, 0.1) is 0 Å². The Kier molecular flexibility index (Phi) is 1.60. The number of rotatable bonds is 1. The summed E-state index contributed by atoms with van der Waals surface area (Å²) in [6.45, 7) is 3.79. The summed E-state index contributed by atoms with van der Waals surface area (Å²) in [4.78, 5) is 10.4. The van der Waals surface area contributed by atoms with Crippen molar-refractivity contribution < 1.29 is 14.3 Å². The summed E-state index contributed by atoms with van der Waals surface area (Å²) in [5, 5.41) is 0. The second-order valence-corrected chi connectivity index (χ2v) is 2.14. The molecular formula is C6H10O3. The zero-order valence-electron chi connectivity index (χ0n) is 5.59. The minimum absolute atomic E-state index is 0.0301. The van der Waals surface area contributed by atoms with Crippen LogP contribution in [0.25, 0.3) is 0 Å². The molecule has 0 spiro atoms. The summed E-state index contributed by atoms with van der Waals surface area (Å²) in [5.74, 6) is 0. The smallest absolute Gasteiger partial charge is 0.427 e. The van der Waals surface area contributed by atoms with Gasteiger partial charge in [0.1, 0.15) is 12.2 Å². The van der Waals surface area contributed by atoms with Gasteiger partial charge in [-0.15, -0.1) is 0 Å². The fourth-order valence-electron chi connectivity index (χ4n) is 0.890. The molecule has 52 valence electrons. The molecule has 0 N–H and O–H groups in total. The van der Waals surface area contributed by atoms with E-state index in [1.807, 2.05) is 13.8 Å². The number of hydrogen-bond donors (Lipinski definition) is 0. The van der Waals surface area contributed by atoms with E-state index in [-0.39, 0.29) is 12.2 Å². The van der Waals surface area contributed by atoms with Crippen LogP contribution < -0.4 is 0 Å². The second-order valence-electron chi connectivity index (χ2n) is 2.14. The fourth-order valence-corrected chi connectivity index (χ4v) is 0.890. The van der Waals surface area contributed by atoms with Crippen LogP contribution in [0, 0.1) is 0 Å². The fraction of sp³-hybridized carbons (Fsp3) is 0.833. The summed E-state index contributed by atoms with van der Waals surface area (Å²) in [7, 11) is 0. The molecule has 2 atom stereocenters. The maximum absolute atomic E-state index is 10.4. The Morgan fingerprint density at radius 2 is 2.22 bits per heavy atom. The number of cyclic esters (lactones) is 2. The molecule has 1 aliphatic rings. The highest BCUT2D eigenvalue weighted by Crippen LogP contribution is 2.16. The summed E-state index contributed by atoms with van der Waals surface area (Å²) < 4.78 is 9.47. The molecule has 0 unspecified atom stereocenters. The lowest BCUT2D eigenvalue weighted by atomic mass is 10.2. The maximum atomic E-state index is 10.4. The average molecular weight is 130 g/mol. The van der Waals surface area contributed by atoms with E-state index in [0.29, 0.717) is 0 Å². The van der Waals surface area contributed by atoms with E-state index >= 15 is 0 Å². The Morgan fingerprint density at radius 3 is 2.44 bits per heavy atom. The van der Waals surface area contributed by atoms with Crippen molar-refractivity contribution in [1.82, 2.24) is 0 Å². The van der Waals surface area contributed by atoms with Gasteiger partial charge in [0, 0.05) is 0 Å². The van der Waals surface area contributed by atoms with E-state index < -0.39 is 6.16 Å². The minimum atomic E-state index is -0.533. The number of ether oxygens (including phenoxy) is 2. The number of carbonyl (C=O) groups is 1. The molecule has 3 heteroatoms. The Labute approximate surface area is 53.9 Å². The predicted octanol–water partition coefficient (Wildman–Crippen LogP) is 1.32. The molecule has 1 aliphatic heterocycles. The molecular weight excluding hydrogens is 120 g/mol. The van der Waals surface area contributed by atoms with Crippen LogP contribution in [0.4, 0.5) is 4.79 Å². The van der Waals surface area contributed by atoms with Crippen LogP contribution in [0.5, 0.6) is 0 Å². The molecule has 0 aromatic carbocycles. The quantitative estimate of drug-likeness (QED) is 0.502. The zero-order valence-corrected chi connectivity index (χ0v) is 5.59. The van der Waals surface area contributed by atoms with Crippen LogP contribution in [0.1, 0.15) is 20.3 Å². The SMILES string of the molecule is CC[C@@H]1OC(=O)O[C@H]1C. The van der Waals surface area contributed by atoms with E-state index in [1.165, 1.54) is 0 Å². The van der Waals surface area contributed by atoms with Gasteiger partial charge in [-0.1, -0.05) is 6.92 Å². The van der Waals surface area contributed by atoms with Crippen LogP contribution in [0.3, 0.4) is 0 Å². The number of hydrogen-bond acceptors (Lipinski definition) is 3. The van der Waals surface area contributed by atoms with Gasteiger partial charge < -0.3 is 9.47 Å². The molecule has 0 aromatic rings. The molecule has 1 saturated heterocycles. The summed E-state index contributed by atoms with van der Waals surface area (Å²) in [6, 6.07) is 0. The highest BCUT2D eigenvalue weighted by Gasteiger charge is 2.30. The third-order valence-corrected chi connectivity index (χ3v) is 1.46. The Morgan fingerprint density at radius 1 is 1.56 bits per heavy atom. The molecule has 0 amide bonds. The first kappa shape index (κ1) is 6.39. The van der Waals surface area contributed by atoms with Crippen molar-refractivity contribution >= 4 is 6.16 Å². The van der Waals surface area contributed by atoms with E-state index in [4.69, 9.17) is 9.47 Å². The monoisotopic (exact) mass is 130 g/mol. The van der Waals surface area contributed by atoms with Gasteiger partial charge in [0.2, 0.25) is 0 Å². The average Bonchev–Trinajstić information content (AvgIpc) is 2.10. The van der Waals surface area contributed by atoms with Crippen molar-refractivity contribution in [3.8, 4) is 0 Å². The molecule has 0 radical (unpaired) electrons. The largest absolute Gasteiger partial charge is 0.509 e. The maximum Gasteiger partial charge on any atom is 0.509 e. The van der Waals surface area contributed by atoms with Crippen LogP contribution in [-0.2, 0) is 9.47 Å². The molecule has 1 heterocycles. The molecule has 9 heavy (non-hydrogen) atoms. The summed E-state index contributed by atoms with van der Waals surface area (Å²) in [6.07, 6.45) is 0.196. The van der Waals surface area contributed by atoms with Gasteiger partial charge >= 0.3 is 6.16 Å². The molecule has 0 bridgehead atoms. The van der Waals surface area contributed by atoms with Gasteiger partial charge in [0.15, 0.2) is 0 Å². The topological polar surface area (TPSA) is 35.5 Å². The molecule has 0 aromatic heterocycles. The van der Waals surface area contributed by atoms with E-state index in [1.54, 1.807) is 0 Å². The Balaban J connectivity index is 2.47. The molecule has 3 nitrogen and oxygen atoms in total. The van der Waals surface area contributed by atoms with Crippen molar-refractivity contribution in [2.45, 2.75) is 32.5 Å². The first-order valence-electron chi connectivity index (χ1n) is 3.11. The number of carbonyl (C=O) groups excluding carboxylic acids is 1. The standard InChI is InChI=1S/C6H10O3/c1-3-5-4(2)8-6(7)9-5/h4-5H,3H2,1-2H3/t4-,5-/m0/s1. The van der Waals surface area contributed by atoms with Gasteiger partial charge in [-0.25, -0.2) is 4.79 Å². The highest BCUT2D eigenvalue weighted by atomic mass is 16.8. The summed E-state index contributed by atoms with van der Waals surface area (Å²) in [5.41, 5.74) is 0. The molecule has 1 rings (SSSR count). The van der Waals surface area contributed by atoms with Gasteiger partial charge in [-0.05, 0) is 13.3 Å². The van der Waals surface area contributed by atoms with Crippen molar-refractivity contribution in [2.75, 3.05) is 0 Å². The third-order valence-electron chi connectivity index (χ3n) is 1.46. The zero-order chi connectivity index (χ0) is 6.85. The Bertz CT molecular complexity index is 121. The third kappa shape index (κ3) is 1.15. The van der Waals surface area contributed by atoms with Crippen molar-refractivity contribution in [2.24, 2.45) is 0 Å². The first-order valence-corrected chi connectivity index (χ1v) is 3.11. The van der Waals surface area contributed by atoms with Gasteiger partial charge in [-0.2, -0.15) is 0 Å². The van der Waals surface area contributed by atoms with E-state index in [9.17, 15) is 4.79 Å². The van der Waals surface area contributed by atoms with Crippen molar-refractivity contribution in [3.05, 3.63) is 0 Å². The van der Waals surface area contributed by atoms with Crippen LogP contribution >= 0.6 is 0 Å². The molecule has 0 aliphatic carbocycles. The minimum Gasteiger partial charge on any atom is -0.427 e. The molecule has 1 fully saturated rings. The van der Waals surface area contributed by atoms with Crippen molar-refractivity contribution in [3.63, 3.8) is 0 Å². The lowest BCUT2D eigenvalue weighted by Gasteiger charge is -2.05. The van der Waals surface area contributed by atoms with Crippen LogP contribution in [0.15, 0.2) is 0 Å². The lowest BCUT2D eigenvalue weighted by molar-refractivity contribution is 0.116. The normalized spacial score (nSPS) is 33.8. The second kappa shape index (κ2) is 2.25. The van der Waals surface area contributed by atoms with E-state index in [0.717, 1.165) is 6.42 Å². The Hall–Kier alpha value is -0.730. The predicted molar refractivity (Wildman–Crippen MR) is 31.1 cm³/mol. The van der Waals surface area contributed by atoms with E-state index in [2.05, 4.69) is 0 Å². The van der Waals surface area contributed by atoms with Gasteiger partial charge in [0.25, 0.3) is 0 Å². The lowest BCUT2D eigenvalue weighted by Crippen LogP contribution is -2.17. The van der Waals surface area contributed by atoms with Gasteiger partial charge in [-0.3, -0.25) is 0 Å². The molecule has 0 saturated carbocycles.